The maximum atomic E-state index is 12.6. The standard InChI is InChI=1S/C21H24N2O3S/c1-5-6-13-26-16-10-8-15(9-11-16)20(24)22-21-23(3)18-17(25-4)12-7-14(2)19(18)27-21/h7-12H,5-6,13H2,1-4H3. The zero-order valence-electron chi connectivity index (χ0n) is 16.1. The van der Waals surface area contributed by atoms with Crippen LogP contribution in [0.25, 0.3) is 10.2 Å². The van der Waals surface area contributed by atoms with Crippen molar-refractivity contribution in [1.29, 1.82) is 0 Å². The predicted molar refractivity (Wildman–Crippen MR) is 109 cm³/mol. The van der Waals surface area contributed by atoms with Crippen LogP contribution >= 0.6 is 11.3 Å². The minimum atomic E-state index is -0.270. The van der Waals surface area contributed by atoms with Crippen LogP contribution in [0.2, 0.25) is 0 Å². The number of aryl methyl sites for hydroxylation is 2. The van der Waals surface area contributed by atoms with Gasteiger partial charge in [-0.25, -0.2) is 0 Å². The summed E-state index contributed by atoms with van der Waals surface area (Å²) in [4.78, 5) is 17.6. The molecule has 1 aromatic heterocycles. The molecule has 142 valence electrons. The Morgan fingerprint density at radius 3 is 2.59 bits per heavy atom. The summed E-state index contributed by atoms with van der Waals surface area (Å²) in [5.74, 6) is 1.28. The minimum absolute atomic E-state index is 0.270. The second-order valence-corrected chi connectivity index (χ2v) is 7.33. The number of rotatable bonds is 6. The van der Waals surface area contributed by atoms with Crippen LogP contribution in [0.15, 0.2) is 41.4 Å². The molecule has 0 saturated carbocycles. The van der Waals surface area contributed by atoms with E-state index in [0.717, 1.165) is 40.1 Å². The molecule has 0 fully saturated rings. The molecule has 0 radical (unpaired) electrons. The summed E-state index contributed by atoms with van der Waals surface area (Å²) in [7, 11) is 3.55. The first-order valence-electron chi connectivity index (χ1n) is 9.00. The van der Waals surface area contributed by atoms with Gasteiger partial charge in [0.25, 0.3) is 5.91 Å². The fourth-order valence-corrected chi connectivity index (χ4v) is 3.90. The summed E-state index contributed by atoms with van der Waals surface area (Å²) >= 11 is 1.49. The Morgan fingerprint density at radius 2 is 1.93 bits per heavy atom. The summed E-state index contributed by atoms with van der Waals surface area (Å²) in [5.41, 5.74) is 2.63. The lowest BCUT2D eigenvalue weighted by molar-refractivity contribution is 0.0998. The van der Waals surface area contributed by atoms with Crippen molar-refractivity contribution in [3.8, 4) is 11.5 Å². The number of ether oxygens (including phenoxy) is 2. The molecule has 0 saturated heterocycles. The summed E-state index contributed by atoms with van der Waals surface area (Å²) in [5, 5.41) is 0. The van der Waals surface area contributed by atoms with E-state index in [9.17, 15) is 4.79 Å². The smallest absolute Gasteiger partial charge is 0.279 e. The molecule has 0 aliphatic rings. The van der Waals surface area contributed by atoms with Crippen molar-refractivity contribution in [1.82, 2.24) is 4.57 Å². The Labute approximate surface area is 162 Å². The molecule has 1 heterocycles. The van der Waals surface area contributed by atoms with E-state index in [1.165, 1.54) is 11.3 Å². The quantitative estimate of drug-likeness (QED) is 0.589. The second kappa shape index (κ2) is 8.39. The molecular formula is C21H24N2O3S. The number of hydrogen-bond donors (Lipinski definition) is 0. The van der Waals surface area contributed by atoms with Gasteiger partial charge in [0.1, 0.15) is 17.0 Å². The third kappa shape index (κ3) is 4.06. The van der Waals surface area contributed by atoms with Gasteiger partial charge >= 0.3 is 0 Å². The largest absolute Gasteiger partial charge is 0.495 e. The number of methoxy groups -OCH3 is 1. The maximum absolute atomic E-state index is 12.6. The number of benzene rings is 2. The van der Waals surface area contributed by atoms with Gasteiger partial charge in [0.05, 0.1) is 18.4 Å². The van der Waals surface area contributed by atoms with Gasteiger partial charge in [-0.2, -0.15) is 4.99 Å². The number of carbonyl (C=O) groups excluding carboxylic acids is 1. The van der Waals surface area contributed by atoms with Crippen LogP contribution in [0, 0.1) is 6.92 Å². The van der Waals surface area contributed by atoms with Crippen LogP contribution in [-0.2, 0) is 7.05 Å². The number of unbranched alkanes of at least 4 members (excludes halogenated alkanes) is 1. The third-order valence-corrected chi connectivity index (χ3v) is 5.66. The average Bonchev–Trinajstić information content (AvgIpc) is 3.00. The highest BCUT2D eigenvalue weighted by Gasteiger charge is 2.12. The van der Waals surface area contributed by atoms with Gasteiger partial charge in [-0.1, -0.05) is 30.7 Å². The molecule has 0 unspecified atom stereocenters. The topological polar surface area (TPSA) is 52.8 Å². The number of nitrogens with zero attached hydrogens (tertiary/aromatic N) is 2. The van der Waals surface area contributed by atoms with Gasteiger partial charge in [-0.15, -0.1) is 0 Å². The number of carbonyl (C=O) groups is 1. The molecule has 3 aromatic rings. The Kier molecular flexibility index (Phi) is 5.96. The fourth-order valence-electron chi connectivity index (χ4n) is 2.80. The van der Waals surface area contributed by atoms with Crippen molar-refractivity contribution in [3.05, 3.63) is 52.3 Å². The van der Waals surface area contributed by atoms with Crippen molar-refractivity contribution >= 4 is 27.5 Å². The maximum Gasteiger partial charge on any atom is 0.279 e. The van der Waals surface area contributed by atoms with Crippen molar-refractivity contribution in [3.63, 3.8) is 0 Å². The zero-order valence-corrected chi connectivity index (χ0v) is 16.9. The highest BCUT2D eigenvalue weighted by atomic mass is 32.1. The highest BCUT2D eigenvalue weighted by molar-refractivity contribution is 7.16. The monoisotopic (exact) mass is 384 g/mol. The van der Waals surface area contributed by atoms with Gasteiger partial charge in [-0.3, -0.25) is 4.79 Å². The van der Waals surface area contributed by atoms with Gasteiger partial charge in [0.15, 0.2) is 4.80 Å². The number of hydrogen-bond acceptors (Lipinski definition) is 4. The zero-order chi connectivity index (χ0) is 19.4. The summed E-state index contributed by atoms with van der Waals surface area (Å²) in [6.07, 6.45) is 2.10. The van der Waals surface area contributed by atoms with E-state index in [2.05, 4.69) is 11.9 Å². The summed E-state index contributed by atoms with van der Waals surface area (Å²) < 4.78 is 14.1. The molecule has 0 aliphatic carbocycles. The van der Waals surface area contributed by atoms with Crippen LogP contribution in [-0.4, -0.2) is 24.2 Å². The van der Waals surface area contributed by atoms with E-state index in [-0.39, 0.29) is 5.91 Å². The Bertz CT molecular complexity index is 1020. The Morgan fingerprint density at radius 1 is 1.19 bits per heavy atom. The van der Waals surface area contributed by atoms with Gasteiger partial charge < -0.3 is 14.0 Å². The second-order valence-electron chi connectivity index (χ2n) is 6.35. The molecule has 1 amide bonds. The SMILES string of the molecule is CCCCOc1ccc(C(=O)N=c2sc3c(C)ccc(OC)c3n2C)cc1. The van der Waals surface area contributed by atoms with E-state index < -0.39 is 0 Å². The number of aromatic nitrogens is 1. The summed E-state index contributed by atoms with van der Waals surface area (Å²) in [6.45, 7) is 4.85. The molecule has 5 nitrogen and oxygen atoms in total. The molecule has 0 aliphatic heterocycles. The molecule has 27 heavy (non-hydrogen) atoms. The molecule has 2 aromatic carbocycles. The van der Waals surface area contributed by atoms with Crippen molar-refractivity contribution in [2.24, 2.45) is 12.0 Å². The first-order chi connectivity index (χ1) is 13.0. The molecule has 0 N–H and O–H groups in total. The average molecular weight is 385 g/mol. The van der Waals surface area contributed by atoms with E-state index in [4.69, 9.17) is 9.47 Å². The predicted octanol–water partition coefficient (Wildman–Crippen LogP) is 4.48. The lowest BCUT2D eigenvalue weighted by Crippen LogP contribution is -2.13. The number of fused-ring (bicyclic) bond motifs is 1. The molecule has 3 rings (SSSR count). The van der Waals surface area contributed by atoms with Gasteiger partial charge in [-0.05, 0) is 49.2 Å². The molecular weight excluding hydrogens is 360 g/mol. The van der Waals surface area contributed by atoms with E-state index in [0.29, 0.717) is 17.0 Å². The normalized spacial score (nSPS) is 11.8. The Balaban J connectivity index is 1.91. The van der Waals surface area contributed by atoms with Crippen LogP contribution < -0.4 is 14.3 Å². The molecule has 0 bridgehead atoms. The van der Waals surface area contributed by atoms with Crippen LogP contribution in [0.4, 0.5) is 0 Å². The molecule has 0 atom stereocenters. The fraction of sp³-hybridized carbons (Fsp3) is 0.333. The van der Waals surface area contributed by atoms with E-state index >= 15 is 0 Å². The van der Waals surface area contributed by atoms with Crippen LogP contribution in [0.5, 0.6) is 11.5 Å². The number of amides is 1. The first kappa shape index (κ1) is 19.2. The third-order valence-electron chi connectivity index (χ3n) is 4.39. The lowest BCUT2D eigenvalue weighted by Gasteiger charge is -2.05. The summed E-state index contributed by atoms with van der Waals surface area (Å²) in [6, 6.07) is 11.1. The van der Waals surface area contributed by atoms with E-state index in [1.54, 1.807) is 19.2 Å². The first-order valence-corrected chi connectivity index (χ1v) is 9.81. The van der Waals surface area contributed by atoms with Crippen molar-refractivity contribution < 1.29 is 14.3 Å². The van der Waals surface area contributed by atoms with Crippen molar-refractivity contribution in [2.75, 3.05) is 13.7 Å². The molecule has 6 heteroatoms. The van der Waals surface area contributed by atoms with Crippen LogP contribution in [0.3, 0.4) is 0 Å². The Hall–Kier alpha value is -2.60. The minimum Gasteiger partial charge on any atom is -0.495 e. The van der Waals surface area contributed by atoms with Gasteiger partial charge in [0, 0.05) is 12.6 Å². The highest BCUT2D eigenvalue weighted by Crippen LogP contribution is 2.29. The van der Waals surface area contributed by atoms with Crippen LogP contribution in [0.1, 0.15) is 35.7 Å². The van der Waals surface area contributed by atoms with E-state index in [1.807, 2.05) is 42.8 Å². The van der Waals surface area contributed by atoms with Crippen molar-refractivity contribution in [2.45, 2.75) is 26.7 Å². The molecule has 0 spiro atoms. The number of thiazole rings is 1. The lowest BCUT2D eigenvalue weighted by atomic mass is 10.2. The van der Waals surface area contributed by atoms with Gasteiger partial charge in [0.2, 0.25) is 0 Å².